The highest BCUT2D eigenvalue weighted by atomic mass is 32.1. The summed E-state index contributed by atoms with van der Waals surface area (Å²) in [5.41, 5.74) is 6.06. The number of nitrogens with one attached hydrogen (secondary N) is 2. The second-order valence-corrected chi connectivity index (χ2v) is 9.92. The van der Waals surface area contributed by atoms with E-state index in [1.807, 2.05) is 52.1 Å². The molecule has 2 aromatic heterocycles. The summed E-state index contributed by atoms with van der Waals surface area (Å²) in [6, 6.07) is 12.0. The normalized spacial score (nSPS) is 12.2. The smallest absolute Gasteiger partial charge is 0.408 e. The van der Waals surface area contributed by atoms with E-state index < -0.39 is 17.7 Å². The molecule has 0 aliphatic heterocycles. The maximum Gasteiger partial charge on any atom is 0.408 e. The standard InChI is InChI=1S/C26H32N4O3S/c1-16-11-21(12-17(2)27-16)19-9-8-10-20(13-19)23-15-34-24(29-23)28-18(3)22(14-32-7)30-25(31)33-26(4,5)6/h8-13,15,22H,3,14H2,1-2,4-7H3,(H,28,29)(H,30,31). The number of aromatic nitrogens is 2. The van der Waals surface area contributed by atoms with Gasteiger partial charge in [0.05, 0.1) is 18.3 Å². The number of amides is 1. The Hall–Kier alpha value is -3.23. The lowest BCUT2D eigenvalue weighted by Crippen LogP contribution is -2.43. The summed E-state index contributed by atoms with van der Waals surface area (Å²) in [6.45, 7) is 13.8. The molecule has 7 nitrogen and oxygen atoms in total. The number of rotatable bonds is 8. The number of benzene rings is 1. The molecule has 0 bridgehead atoms. The van der Waals surface area contributed by atoms with Crippen molar-refractivity contribution in [3.8, 4) is 22.4 Å². The number of ether oxygens (including phenoxy) is 2. The third-order valence-electron chi connectivity index (χ3n) is 4.79. The summed E-state index contributed by atoms with van der Waals surface area (Å²) >= 11 is 1.47. The Balaban J connectivity index is 1.73. The molecule has 3 aromatic rings. The first-order valence-electron chi connectivity index (χ1n) is 11.0. The zero-order valence-electron chi connectivity index (χ0n) is 20.6. The van der Waals surface area contributed by atoms with Crippen LogP contribution in [0.5, 0.6) is 0 Å². The predicted octanol–water partition coefficient (Wildman–Crippen LogP) is 5.95. The van der Waals surface area contributed by atoms with Crippen LogP contribution in [0.3, 0.4) is 0 Å². The molecule has 0 fully saturated rings. The van der Waals surface area contributed by atoms with Gasteiger partial charge in [0.2, 0.25) is 0 Å². The van der Waals surface area contributed by atoms with Crippen molar-refractivity contribution >= 4 is 22.6 Å². The van der Waals surface area contributed by atoms with Gasteiger partial charge in [-0.25, -0.2) is 9.78 Å². The summed E-state index contributed by atoms with van der Waals surface area (Å²) in [7, 11) is 1.57. The molecular weight excluding hydrogens is 448 g/mol. The minimum atomic E-state index is -0.594. The molecule has 0 aliphatic carbocycles. The van der Waals surface area contributed by atoms with E-state index in [9.17, 15) is 4.79 Å². The van der Waals surface area contributed by atoms with E-state index in [0.717, 1.165) is 33.8 Å². The summed E-state index contributed by atoms with van der Waals surface area (Å²) in [5, 5.41) is 8.66. The van der Waals surface area contributed by atoms with Crippen molar-refractivity contribution < 1.29 is 14.3 Å². The molecule has 2 heterocycles. The maximum absolute atomic E-state index is 12.2. The molecule has 34 heavy (non-hydrogen) atoms. The van der Waals surface area contributed by atoms with Crippen molar-refractivity contribution in [2.75, 3.05) is 19.0 Å². The number of carbonyl (C=O) groups is 1. The van der Waals surface area contributed by atoms with Crippen LogP contribution in [0.4, 0.5) is 9.93 Å². The zero-order chi connectivity index (χ0) is 24.9. The van der Waals surface area contributed by atoms with Gasteiger partial charge in [-0.2, -0.15) is 0 Å². The molecule has 0 spiro atoms. The Morgan fingerprint density at radius 2 is 1.76 bits per heavy atom. The number of aryl methyl sites for hydroxylation is 2. The molecule has 1 unspecified atom stereocenters. The minimum Gasteiger partial charge on any atom is -0.444 e. The number of anilines is 1. The number of carbonyl (C=O) groups excluding carboxylic acids is 1. The van der Waals surface area contributed by atoms with Crippen molar-refractivity contribution in [2.24, 2.45) is 0 Å². The highest BCUT2D eigenvalue weighted by Crippen LogP contribution is 2.30. The number of nitrogens with zero attached hydrogens (tertiary/aromatic N) is 2. The average Bonchev–Trinajstić information content (AvgIpc) is 3.20. The van der Waals surface area contributed by atoms with Crippen LogP contribution in [0.15, 0.2) is 54.1 Å². The lowest BCUT2D eigenvalue weighted by atomic mass is 10.0. The van der Waals surface area contributed by atoms with Crippen LogP contribution in [0.2, 0.25) is 0 Å². The Labute approximate surface area is 205 Å². The van der Waals surface area contributed by atoms with Gasteiger partial charge >= 0.3 is 6.09 Å². The summed E-state index contributed by atoms with van der Waals surface area (Å²) in [6.07, 6.45) is -0.532. The summed E-state index contributed by atoms with van der Waals surface area (Å²) < 4.78 is 10.6. The monoisotopic (exact) mass is 480 g/mol. The van der Waals surface area contributed by atoms with E-state index in [1.54, 1.807) is 7.11 Å². The number of hydrogen-bond acceptors (Lipinski definition) is 7. The van der Waals surface area contributed by atoms with Crippen molar-refractivity contribution in [2.45, 2.75) is 46.3 Å². The fraction of sp³-hybridized carbons (Fsp3) is 0.346. The van der Waals surface area contributed by atoms with Crippen LogP contribution in [0, 0.1) is 13.8 Å². The first kappa shape index (κ1) is 25.4. The molecule has 0 saturated heterocycles. The number of pyridine rings is 1. The van der Waals surface area contributed by atoms with Gasteiger partial charge in [0, 0.05) is 35.1 Å². The van der Waals surface area contributed by atoms with Gasteiger partial charge in [-0.05, 0) is 63.9 Å². The molecule has 0 radical (unpaired) electrons. The largest absolute Gasteiger partial charge is 0.444 e. The minimum absolute atomic E-state index is 0.246. The molecule has 1 atom stereocenters. The predicted molar refractivity (Wildman–Crippen MR) is 138 cm³/mol. The third-order valence-corrected chi connectivity index (χ3v) is 5.55. The zero-order valence-corrected chi connectivity index (χ0v) is 21.4. The Kier molecular flexibility index (Phi) is 8.06. The third kappa shape index (κ3) is 7.13. The summed E-state index contributed by atoms with van der Waals surface area (Å²) in [5.74, 6) is 0. The van der Waals surface area contributed by atoms with Gasteiger partial charge in [-0.3, -0.25) is 4.98 Å². The van der Waals surface area contributed by atoms with Crippen LogP contribution >= 0.6 is 11.3 Å². The second kappa shape index (κ2) is 10.8. The Morgan fingerprint density at radius 3 is 2.41 bits per heavy atom. The number of thiazole rings is 1. The lowest BCUT2D eigenvalue weighted by Gasteiger charge is -2.24. The Morgan fingerprint density at radius 1 is 1.09 bits per heavy atom. The van der Waals surface area contributed by atoms with Crippen molar-refractivity contribution in [3.63, 3.8) is 0 Å². The van der Waals surface area contributed by atoms with Gasteiger partial charge in [-0.1, -0.05) is 24.8 Å². The van der Waals surface area contributed by atoms with Crippen LogP contribution in [-0.2, 0) is 9.47 Å². The van der Waals surface area contributed by atoms with Crippen LogP contribution < -0.4 is 10.6 Å². The molecule has 3 rings (SSSR count). The van der Waals surface area contributed by atoms with Crippen LogP contribution in [-0.4, -0.2) is 41.4 Å². The van der Waals surface area contributed by atoms with Crippen molar-refractivity contribution in [1.82, 2.24) is 15.3 Å². The highest BCUT2D eigenvalue weighted by Gasteiger charge is 2.22. The SMILES string of the molecule is C=C(Nc1nc(-c2cccc(-c3cc(C)nc(C)c3)c2)cs1)C(COC)NC(=O)OC(C)(C)C. The fourth-order valence-electron chi connectivity index (χ4n) is 3.39. The number of hydrogen-bond donors (Lipinski definition) is 2. The van der Waals surface area contributed by atoms with E-state index in [-0.39, 0.29) is 6.61 Å². The van der Waals surface area contributed by atoms with Gasteiger partial charge < -0.3 is 20.1 Å². The van der Waals surface area contributed by atoms with Crippen molar-refractivity contribution in [1.29, 1.82) is 0 Å². The molecular formula is C26H32N4O3S. The second-order valence-electron chi connectivity index (χ2n) is 9.06. The number of alkyl carbamates (subject to hydrolysis) is 1. The van der Waals surface area contributed by atoms with E-state index in [2.05, 4.69) is 46.5 Å². The molecule has 2 N–H and O–H groups in total. The maximum atomic E-state index is 12.2. The lowest BCUT2D eigenvalue weighted by molar-refractivity contribution is 0.0484. The van der Waals surface area contributed by atoms with E-state index in [1.165, 1.54) is 11.3 Å². The van der Waals surface area contributed by atoms with Gasteiger partial charge in [-0.15, -0.1) is 11.3 Å². The molecule has 0 saturated carbocycles. The number of methoxy groups -OCH3 is 1. The van der Waals surface area contributed by atoms with Crippen LogP contribution in [0.25, 0.3) is 22.4 Å². The molecule has 1 amide bonds. The first-order valence-corrected chi connectivity index (χ1v) is 11.9. The first-order chi connectivity index (χ1) is 16.0. The van der Waals surface area contributed by atoms with Gasteiger partial charge in [0.25, 0.3) is 0 Å². The topological polar surface area (TPSA) is 85.4 Å². The quantitative estimate of drug-likeness (QED) is 0.414. The van der Waals surface area contributed by atoms with Crippen LogP contribution in [0.1, 0.15) is 32.2 Å². The highest BCUT2D eigenvalue weighted by molar-refractivity contribution is 7.14. The molecule has 1 aromatic carbocycles. The van der Waals surface area contributed by atoms with Gasteiger partial charge in [0.1, 0.15) is 5.60 Å². The van der Waals surface area contributed by atoms with E-state index >= 15 is 0 Å². The Bertz CT molecular complexity index is 1150. The average molecular weight is 481 g/mol. The molecule has 0 aliphatic rings. The summed E-state index contributed by atoms with van der Waals surface area (Å²) in [4.78, 5) is 21.4. The van der Waals surface area contributed by atoms with E-state index in [4.69, 9.17) is 14.5 Å². The molecule has 180 valence electrons. The van der Waals surface area contributed by atoms with Crippen molar-refractivity contribution in [3.05, 3.63) is 65.4 Å². The fourth-order valence-corrected chi connectivity index (χ4v) is 4.15. The van der Waals surface area contributed by atoms with E-state index in [0.29, 0.717) is 10.8 Å². The van der Waals surface area contributed by atoms with Gasteiger partial charge in [0.15, 0.2) is 5.13 Å². The molecule has 8 heteroatoms.